The van der Waals surface area contributed by atoms with Gasteiger partial charge in [0.1, 0.15) is 12.4 Å². The van der Waals surface area contributed by atoms with Crippen LogP contribution in [0.15, 0.2) is 61.2 Å². The van der Waals surface area contributed by atoms with Gasteiger partial charge in [0.25, 0.3) is 0 Å². The zero-order valence-electron chi connectivity index (χ0n) is 13.8. The van der Waals surface area contributed by atoms with E-state index < -0.39 is 0 Å². The minimum absolute atomic E-state index is 0.539. The molecule has 126 valence electrons. The number of anilines is 1. The Labute approximate surface area is 149 Å². The van der Waals surface area contributed by atoms with E-state index in [4.69, 9.17) is 16.3 Å². The Balaban J connectivity index is 1.60. The SMILES string of the molecule is C=CCOc1ccccc1CN1CCN(c2ccccc2Cl)CC1. The molecule has 0 saturated carbocycles. The van der Waals surface area contributed by atoms with Gasteiger partial charge in [0.05, 0.1) is 10.7 Å². The fourth-order valence-corrected chi connectivity index (χ4v) is 3.28. The van der Waals surface area contributed by atoms with Crippen LogP contribution in [0.4, 0.5) is 5.69 Å². The van der Waals surface area contributed by atoms with Crippen LogP contribution in [0, 0.1) is 0 Å². The number of rotatable bonds is 6. The zero-order chi connectivity index (χ0) is 16.8. The predicted molar refractivity (Wildman–Crippen MR) is 101 cm³/mol. The van der Waals surface area contributed by atoms with Crippen LogP contribution in [-0.4, -0.2) is 37.7 Å². The summed E-state index contributed by atoms with van der Waals surface area (Å²) in [5.41, 5.74) is 2.36. The van der Waals surface area contributed by atoms with Crippen LogP contribution < -0.4 is 9.64 Å². The molecule has 4 heteroatoms. The van der Waals surface area contributed by atoms with E-state index in [0.29, 0.717) is 6.61 Å². The quantitative estimate of drug-likeness (QED) is 0.731. The van der Waals surface area contributed by atoms with Crippen LogP contribution in [0.2, 0.25) is 5.02 Å². The number of para-hydroxylation sites is 2. The number of hydrogen-bond acceptors (Lipinski definition) is 3. The normalized spacial score (nSPS) is 15.3. The first-order valence-corrected chi connectivity index (χ1v) is 8.69. The maximum atomic E-state index is 6.31. The Bertz CT molecular complexity index is 681. The molecule has 0 unspecified atom stereocenters. The average molecular weight is 343 g/mol. The van der Waals surface area contributed by atoms with E-state index >= 15 is 0 Å². The molecular formula is C20H23ClN2O. The summed E-state index contributed by atoms with van der Waals surface area (Å²) in [5, 5.41) is 0.828. The standard InChI is InChI=1S/C20H23ClN2O/c1-2-15-24-20-10-6-3-7-17(20)16-22-11-13-23(14-12-22)19-9-5-4-8-18(19)21/h2-10H,1,11-16H2. The van der Waals surface area contributed by atoms with Gasteiger partial charge in [-0.1, -0.05) is 54.6 Å². The minimum atomic E-state index is 0.539. The Morgan fingerprint density at radius 1 is 1.00 bits per heavy atom. The van der Waals surface area contributed by atoms with Crippen LogP contribution in [-0.2, 0) is 6.54 Å². The summed E-state index contributed by atoms with van der Waals surface area (Å²) < 4.78 is 5.76. The summed E-state index contributed by atoms with van der Waals surface area (Å²) in [6, 6.07) is 16.3. The van der Waals surface area contributed by atoms with Gasteiger partial charge < -0.3 is 9.64 Å². The fourth-order valence-electron chi connectivity index (χ4n) is 3.02. The molecule has 0 amide bonds. The third-order valence-corrected chi connectivity index (χ3v) is 4.61. The van der Waals surface area contributed by atoms with Crippen LogP contribution >= 0.6 is 11.6 Å². The molecule has 0 atom stereocenters. The van der Waals surface area contributed by atoms with Gasteiger partial charge in [-0.15, -0.1) is 0 Å². The van der Waals surface area contributed by atoms with Crippen LogP contribution in [0.5, 0.6) is 5.75 Å². The van der Waals surface area contributed by atoms with Gasteiger partial charge in [-0.25, -0.2) is 0 Å². The lowest BCUT2D eigenvalue weighted by Crippen LogP contribution is -2.46. The van der Waals surface area contributed by atoms with E-state index in [2.05, 4.69) is 34.6 Å². The van der Waals surface area contributed by atoms with Crippen LogP contribution in [0.25, 0.3) is 0 Å². The van der Waals surface area contributed by atoms with E-state index in [-0.39, 0.29) is 0 Å². The molecule has 1 fully saturated rings. The van der Waals surface area contributed by atoms with E-state index in [1.165, 1.54) is 5.56 Å². The highest BCUT2D eigenvalue weighted by Gasteiger charge is 2.19. The second-order valence-corrected chi connectivity index (χ2v) is 6.33. The highest BCUT2D eigenvalue weighted by Crippen LogP contribution is 2.27. The molecule has 0 radical (unpaired) electrons. The monoisotopic (exact) mass is 342 g/mol. The topological polar surface area (TPSA) is 15.7 Å². The summed E-state index contributed by atoms with van der Waals surface area (Å²) in [6.07, 6.45) is 1.78. The Morgan fingerprint density at radius 2 is 1.71 bits per heavy atom. The first-order valence-electron chi connectivity index (χ1n) is 8.31. The van der Waals surface area contributed by atoms with Gasteiger partial charge in [-0.2, -0.15) is 0 Å². The van der Waals surface area contributed by atoms with Crippen molar-refractivity contribution in [3.63, 3.8) is 0 Å². The molecule has 0 aromatic heterocycles. The Morgan fingerprint density at radius 3 is 2.46 bits per heavy atom. The van der Waals surface area contributed by atoms with Crippen molar-refractivity contribution in [1.82, 2.24) is 4.90 Å². The van der Waals surface area contributed by atoms with Crippen molar-refractivity contribution in [1.29, 1.82) is 0 Å². The molecule has 1 aliphatic heterocycles. The third kappa shape index (κ3) is 4.11. The molecule has 0 bridgehead atoms. The molecule has 0 spiro atoms. The molecule has 24 heavy (non-hydrogen) atoms. The number of hydrogen-bond donors (Lipinski definition) is 0. The summed E-state index contributed by atoms with van der Waals surface area (Å²) in [5.74, 6) is 0.950. The van der Waals surface area contributed by atoms with Crippen molar-refractivity contribution in [2.75, 3.05) is 37.7 Å². The van der Waals surface area contributed by atoms with E-state index in [0.717, 1.165) is 49.2 Å². The van der Waals surface area contributed by atoms with Crippen molar-refractivity contribution in [2.45, 2.75) is 6.54 Å². The summed E-state index contributed by atoms with van der Waals surface area (Å²) in [4.78, 5) is 4.82. The first kappa shape index (κ1) is 16.9. The predicted octanol–water partition coefficient (Wildman–Crippen LogP) is 4.23. The molecule has 2 aromatic rings. The third-order valence-electron chi connectivity index (χ3n) is 4.29. The second kappa shape index (κ2) is 8.22. The van der Waals surface area contributed by atoms with Crippen molar-refractivity contribution < 1.29 is 4.74 Å². The van der Waals surface area contributed by atoms with E-state index in [1.807, 2.05) is 30.3 Å². The molecular weight excluding hydrogens is 320 g/mol. The molecule has 0 N–H and O–H groups in total. The van der Waals surface area contributed by atoms with Crippen molar-refractivity contribution in [3.8, 4) is 5.75 Å². The van der Waals surface area contributed by atoms with E-state index in [9.17, 15) is 0 Å². The summed E-state index contributed by atoms with van der Waals surface area (Å²) in [7, 11) is 0. The lowest BCUT2D eigenvalue weighted by molar-refractivity contribution is 0.244. The number of ether oxygens (including phenoxy) is 1. The largest absolute Gasteiger partial charge is 0.489 e. The maximum Gasteiger partial charge on any atom is 0.124 e. The molecule has 2 aromatic carbocycles. The van der Waals surface area contributed by atoms with Crippen molar-refractivity contribution >= 4 is 17.3 Å². The van der Waals surface area contributed by atoms with Gasteiger partial charge in [-0.05, 0) is 18.2 Å². The molecule has 3 rings (SSSR count). The van der Waals surface area contributed by atoms with E-state index in [1.54, 1.807) is 6.08 Å². The highest BCUT2D eigenvalue weighted by molar-refractivity contribution is 6.33. The molecule has 1 saturated heterocycles. The number of benzene rings is 2. The van der Waals surface area contributed by atoms with Crippen LogP contribution in [0.1, 0.15) is 5.56 Å². The van der Waals surface area contributed by atoms with Gasteiger partial charge in [-0.3, -0.25) is 4.90 Å². The Hall–Kier alpha value is -1.97. The van der Waals surface area contributed by atoms with Gasteiger partial charge in [0.15, 0.2) is 0 Å². The first-order chi connectivity index (χ1) is 11.8. The fraction of sp³-hybridized carbons (Fsp3) is 0.300. The number of piperazine rings is 1. The van der Waals surface area contributed by atoms with Gasteiger partial charge >= 0.3 is 0 Å². The smallest absolute Gasteiger partial charge is 0.124 e. The number of nitrogens with zero attached hydrogens (tertiary/aromatic N) is 2. The van der Waals surface area contributed by atoms with Crippen molar-refractivity contribution in [2.24, 2.45) is 0 Å². The average Bonchev–Trinajstić information content (AvgIpc) is 2.62. The Kier molecular flexibility index (Phi) is 5.78. The molecule has 1 heterocycles. The molecule has 0 aliphatic carbocycles. The zero-order valence-corrected chi connectivity index (χ0v) is 14.6. The molecule has 3 nitrogen and oxygen atoms in total. The minimum Gasteiger partial charge on any atom is -0.489 e. The molecule has 1 aliphatic rings. The van der Waals surface area contributed by atoms with Gasteiger partial charge in [0.2, 0.25) is 0 Å². The summed E-state index contributed by atoms with van der Waals surface area (Å²) >= 11 is 6.31. The lowest BCUT2D eigenvalue weighted by atomic mass is 10.1. The van der Waals surface area contributed by atoms with Crippen molar-refractivity contribution in [3.05, 3.63) is 71.8 Å². The lowest BCUT2D eigenvalue weighted by Gasteiger charge is -2.36. The van der Waals surface area contributed by atoms with Gasteiger partial charge in [0, 0.05) is 38.3 Å². The second-order valence-electron chi connectivity index (χ2n) is 5.92. The highest BCUT2D eigenvalue weighted by atomic mass is 35.5. The number of halogens is 1. The van der Waals surface area contributed by atoms with Crippen LogP contribution in [0.3, 0.4) is 0 Å². The summed E-state index contributed by atoms with van der Waals surface area (Å²) in [6.45, 7) is 9.16. The maximum absolute atomic E-state index is 6.31.